The van der Waals surface area contributed by atoms with Crippen molar-refractivity contribution in [2.45, 2.75) is 25.7 Å². The van der Waals surface area contributed by atoms with Gasteiger partial charge in [-0.1, -0.05) is 6.07 Å². The van der Waals surface area contributed by atoms with Gasteiger partial charge < -0.3 is 19.8 Å². The number of nitriles is 1. The molecular formula is C25H24N4O4S. The number of anilines is 1. The van der Waals surface area contributed by atoms with E-state index in [9.17, 15) is 14.9 Å². The highest BCUT2D eigenvalue weighted by molar-refractivity contribution is 7.16. The SMILES string of the molecule is N#Cc1c(NC(=O)/C=C/c2ccco2)sc2c1CCC(COC(=O)NCCc1cccnc1)C2. The summed E-state index contributed by atoms with van der Waals surface area (Å²) in [5.41, 5.74) is 2.55. The molecule has 0 aliphatic heterocycles. The number of hydrogen-bond acceptors (Lipinski definition) is 7. The molecule has 4 rings (SSSR count). The third-order valence-electron chi connectivity index (χ3n) is 5.51. The maximum Gasteiger partial charge on any atom is 0.407 e. The van der Waals surface area contributed by atoms with Crippen molar-refractivity contribution in [3.05, 3.63) is 76.3 Å². The molecule has 174 valence electrons. The molecule has 1 aliphatic rings. The standard InChI is InChI=1S/C25H24N4O4S/c26-14-21-20-7-5-18(16-33-25(31)28-11-9-17-3-1-10-27-15-17)13-22(20)34-24(21)29-23(30)8-6-19-4-2-12-32-19/h1-4,6,8,10,12,15,18H,5,7,9,11,13,16H2,(H,28,31)(H,29,30)/b8-6+. The van der Waals surface area contributed by atoms with Crippen LogP contribution < -0.4 is 10.6 Å². The van der Waals surface area contributed by atoms with Crippen molar-refractivity contribution >= 4 is 34.4 Å². The minimum Gasteiger partial charge on any atom is -0.465 e. The van der Waals surface area contributed by atoms with E-state index in [2.05, 4.69) is 21.7 Å². The predicted molar refractivity (Wildman–Crippen MR) is 128 cm³/mol. The molecule has 1 aliphatic carbocycles. The Morgan fingerprint density at radius 2 is 2.26 bits per heavy atom. The Labute approximate surface area is 201 Å². The number of fused-ring (bicyclic) bond motifs is 1. The second-order valence-electron chi connectivity index (χ2n) is 7.90. The first kappa shape index (κ1) is 23.3. The summed E-state index contributed by atoms with van der Waals surface area (Å²) < 4.78 is 10.6. The summed E-state index contributed by atoms with van der Waals surface area (Å²) in [5, 5.41) is 15.8. The summed E-state index contributed by atoms with van der Waals surface area (Å²) in [5.74, 6) is 0.420. The first-order valence-corrected chi connectivity index (χ1v) is 11.8. The largest absolute Gasteiger partial charge is 0.465 e. The molecule has 0 bridgehead atoms. The molecule has 3 aromatic rings. The van der Waals surface area contributed by atoms with E-state index in [1.807, 2.05) is 12.1 Å². The Hall–Kier alpha value is -3.90. The number of aromatic nitrogens is 1. The smallest absolute Gasteiger partial charge is 0.407 e. The number of hydrogen-bond donors (Lipinski definition) is 2. The quantitative estimate of drug-likeness (QED) is 0.467. The number of furan rings is 1. The van der Waals surface area contributed by atoms with E-state index in [1.54, 1.807) is 30.6 Å². The fourth-order valence-electron chi connectivity index (χ4n) is 3.80. The Balaban J connectivity index is 1.27. The third kappa shape index (κ3) is 6.11. The van der Waals surface area contributed by atoms with Crippen molar-refractivity contribution in [2.75, 3.05) is 18.5 Å². The van der Waals surface area contributed by atoms with Crippen LogP contribution in [0.2, 0.25) is 0 Å². The van der Waals surface area contributed by atoms with Gasteiger partial charge in [-0.15, -0.1) is 11.3 Å². The van der Waals surface area contributed by atoms with E-state index < -0.39 is 6.09 Å². The molecule has 0 saturated carbocycles. The van der Waals surface area contributed by atoms with Crippen molar-refractivity contribution in [2.24, 2.45) is 5.92 Å². The van der Waals surface area contributed by atoms with Crippen LogP contribution >= 0.6 is 11.3 Å². The van der Waals surface area contributed by atoms with Crippen LogP contribution in [0, 0.1) is 17.2 Å². The molecule has 9 heteroatoms. The minimum absolute atomic E-state index is 0.171. The van der Waals surface area contributed by atoms with Crippen molar-refractivity contribution in [1.29, 1.82) is 5.26 Å². The fourth-order valence-corrected chi connectivity index (χ4v) is 5.12. The Morgan fingerprint density at radius 1 is 1.35 bits per heavy atom. The fraction of sp³-hybridized carbons (Fsp3) is 0.280. The minimum atomic E-state index is -0.435. The van der Waals surface area contributed by atoms with E-state index >= 15 is 0 Å². The molecule has 2 N–H and O–H groups in total. The van der Waals surface area contributed by atoms with Crippen molar-refractivity contribution in [3.8, 4) is 6.07 Å². The van der Waals surface area contributed by atoms with Crippen LogP contribution in [0.5, 0.6) is 0 Å². The first-order valence-electron chi connectivity index (χ1n) is 11.0. The lowest BCUT2D eigenvalue weighted by atomic mass is 9.88. The zero-order valence-corrected chi connectivity index (χ0v) is 19.3. The first-order chi connectivity index (χ1) is 16.6. The van der Waals surface area contributed by atoms with Gasteiger partial charge in [-0.05, 0) is 67.0 Å². The molecule has 1 atom stereocenters. The lowest BCUT2D eigenvalue weighted by Gasteiger charge is -2.21. The molecule has 0 spiro atoms. The van der Waals surface area contributed by atoms with Gasteiger partial charge in [-0.3, -0.25) is 9.78 Å². The summed E-state index contributed by atoms with van der Waals surface area (Å²) >= 11 is 1.41. The number of amides is 2. The number of ether oxygens (including phenoxy) is 1. The summed E-state index contributed by atoms with van der Waals surface area (Å²) in [7, 11) is 0. The highest BCUT2D eigenvalue weighted by Crippen LogP contribution is 2.39. The average Bonchev–Trinajstić information content (AvgIpc) is 3.49. The van der Waals surface area contributed by atoms with Crippen LogP contribution in [-0.4, -0.2) is 30.1 Å². The van der Waals surface area contributed by atoms with Gasteiger partial charge in [0, 0.05) is 29.9 Å². The monoisotopic (exact) mass is 476 g/mol. The molecule has 2 amide bonds. The van der Waals surface area contributed by atoms with Crippen LogP contribution in [-0.2, 0) is 28.8 Å². The Kier molecular flexibility index (Phi) is 7.73. The highest BCUT2D eigenvalue weighted by atomic mass is 32.1. The lowest BCUT2D eigenvalue weighted by molar-refractivity contribution is -0.111. The highest BCUT2D eigenvalue weighted by Gasteiger charge is 2.27. The molecular weight excluding hydrogens is 452 g/mol. The van der Waals surface area contributed by atoms with Gasteiger partial charge in [-0.25, -0.2) is 4.79 Å². The maximum absolute atomic E-state index is 12.3. The van der Waals surface area contributed by atoms with Crippen LogP contribution in [0.15, 0.2) is 53.4 Å². The topological polar surface area (TPSA) is 117 Å². The molecule has 3 heterocycles. The summed E-state index contributed by atoms with van der Waals surface area (Å²) in [6.45, 7) is 0.790. The number of carbonyl (C=O) groups is 2. The number of alkyl carbamates (subject to hydrolysis) is 1. The second kappa shape index (κ2) is 11.3. The van der Waals surface area contributed by atoms with Crippen molar-refractivity contribution < 1.29 is 18.7 Å². The van der Waals surface area contributed by atoms with Crippen molar-refractivity contribution in [1.82, 2.24) is 10.3 Å². The van der Waals surface area contributed by atoms with Gasteiger partial charge in [0.05, 0.1) is 18.4 Å². The molecule has 0 aromatic carbocycles. The number of nitrogens with one attached hydrogen (secondary N) is 2. The zero-order chi connectivity index (χ0) is 23.8. The second-order valence-corrected chi connectivity index (χ2v) is 9.01. The van der Waals surface area contributed by atoms with Crippen LogP contribution in [0.1, 0.15) is 33.7 Å². The third-order valence-corrected chi connectivity index (χ3v) is 6.68. The van der Waals surface area contributed by atoms with E-state index in [0.29, 0.717) is 48.7 Å². The molecule has 1 unspecified atom stereocenters. The maximum atomic E-state index is 12.3. The Morgan fingerprint density at radius 3 is 3.03 bits per heavy atom. The van der Waals surface area contributed by atoms with E-state index in [1.165, 1.54) is 23.7 Å². The number of rotatable bonds is 8. The molecule has 3 aromatic heterocycles. The number of thiophene rings is 1. The van der Waals surface area contributed by atoms with Gasteiger partial charge in [0.1, 0.15) is 16.8 Å². The number of pyridine rings is 1. The van der Waals surface area contributed by atoms with Gasteiger partial charge in [0.2, 0.25) is 5.91 Å². The summed E-state index contributed by atoms with van der Waals surface area (Å²) in [6.07, 6.45) is 10.4. The molecule has 0 fully saturated rings. The van der Waals surface area contributed by atoms with Gasteiger partial charge in [0.25, 0.3) is 0 Å². The van der Waals surface area contributed by atoms with Gasteiger partial charge in [-0.2, -0.15) is 5.26 Å². The molecule has 34 heavy (non-hydrogen) atoms. The van der Waals surface area contributed by atoms with E-state index in [-0.39, 0.29) is 11.8 Å². The molecule has 8 nitrogen and oxygen atoms in total. The summed E-state index contributed by atoms with van der Waals surface area (Å²) in [6, 6.07) is 9.55. The summed E-state index contributed by atoms with van der Waals surface area (Å²) in [4.78, 5) is 29.4. The Bertz CT molecular complexity index is 1200. The number of carbonyl (C=O) groups excluding carboxylic acids is 2. The van der Waals surface area contributed by atoms with Crippen LogP contribution in [0.3, 0.4) is 0 Å². The molecule has 0 radical (unpaired) electrons. The normalized spacial score (nSPS) is 14.9. The number of nitrogens with zero attached hydrogens (tertiary/aromatic N) is 2. The van der Waals surface area contributed by atoms with E-state index in [0.717, 1.165) is 22.4 Å². The average molecular weight is 477 g/mol. The molecule has 0 saturated heterocycles. The van der Waals surface area contributed by atoms with Gasteiger partial charge in [0.15, 0.2) is 0 Å². The lowest BCUT2D eigenvalue weighted by Crippen LogP contribution is -2.29. The van der Waals surface area contributed by atoms with Crippen LogP contribution in [0.4, 0.5) is 9.80 Å². The van der Waals surface area contributed by atoms with Crippen molar-refractivity contribution in [3.63, 3.8) is 0 Å². The van der Waals surface area contributed by atoms with E-state index in [4.69, 9.17) is 9.15 Å². The zero-order valence-electron chi connectivity index (χ0n) is 18.5. The van der Waals surface area contributed by atoms with Gasteiger partial charge >= 0.3 is 6.09 Å². The predicted octanol–water partition coefficient (Wildman–Crippen LogP) is 4.33. The van der Waals surface area contributed by atoms with Crippen LogP contribution in [0.25, 0.3) is 6.08 Å².